The van der Waals surface area contributed by atoms with Gasteiger partial charge in [0.1, 0.15) is 30.2 Å². The topological polar surface area (TPSA) is 258 Å². The van der Waals surface area contributed by atoms with E-state index in [2.05, 4.69) is 21.3 Å². The standard InChI is InChI=1S/C45H76N6O10/c1-7-30(3)38(42(57)47-34(45(60)61)28-33-24-20-19-21-25-33)49-36(54)26-22-17-15-13-11-9-10-12-14-16-18-23-27-37(55)51(6)40(32(5)53)44(59)50-39(31(4)8-2)43(58)48-35(29-52)41(46)56/h19-21,24-25,30-32,34-35,38-40,52-53H,7-18,22-23,26-29H2,1-6H3,(H2,46,56)(H,47,57)(H,48,58)(H,49,54)(H,50,59)(H,60,61)/t30-,31-,32-,34-,35?,38+,39+,40-/m0/s1. The van der Waals surface area contributed by atoms with Crippen LogP contribution in [0.2, 0.25) is 0 Å². The number of nitrogens with two attached hydrogens (primary N) is 1. The number of benzene rings is 1. The Morgan fingerprint density at radius 3 is 1.51 bits per heavy atom. The fourth-order valence-electron chi connectivity index (χ4n) is 7.05. The Balaban J connectivity index is 2.33. The Labute approximate surface area is 362 Å². The van der Waals surface area contributed by atoms with E-state index in [1.54, 1.807) is 6.92 Å². The van der Waals surface area contributed by atoms with Gasteiger partial charge in [-0.1, -0.05) is 135 Å². The van der Waals surface area contributed by atoms with Crippen LogP contribution in [0.5, 0.6) is 0 Å². The third kappa shape index (κ3) is 21.2. The van der Waals surface area contributed by atoms with E-state index in [0.29, 0.717) is 32.1 Å². The zero-order valence-electron chi connectivity index (χ0n) is 37.5. The lowest BCUT2D eigenvalue weighted by atomic mass is 9.97. The molecule has 0 aromatic heterocycles. The number of carboxylic acid groups (broad SMARTS) is 1. The summed E-state index contributed by atoms with van der Waals surface area (Å²) in [6, 6.07) is 3.53. The molecule has 6 amide bonds. The maximum atomic E-state index is 13.3. The Hall–Kier alpha value is -4.57. The van der Waals surface area contributed by atoms with Crippen molar-refractivity contribution in [2.24, 2.45) is 17.6 Å². The molecule has 61 heavy (non-hydrogen) atoms. The minimum Gasteiger partial charge on any atom is -0.480 e. The molecule has 1 aromatic carbocycles. The predicted molar refractivity (Wildman–Crippen MR) is 234 cm³/mol. The van der Waals surface area contributed by atoms with Gasteiger partial charge in [0, 0.05) is 26.3 Å². The molecule has 346 valence electrons. The van der Waals surface area contributed by atoms with Crippen molar-refractivity contribution < 1.29 is 48.9 Å². The van der Waals surface area contributed by atoms with Crippen molar-refractivity contribution in [2.45, 2.75) is 180 Å². The van der Waals surface area contributed by atoms with E-state index in [4.69, 9.17) is 5.73 Å². The lowest BCUT2D eigenvalue weighted by Crippen LogP contribution is -2.60. The van der Waals surface area contributed by atoms with Crippen LogP contribution in [0.3, 0.4) is 0 Å². The van der Waals surface area contributed by atoms with E-state index < -0.39 is 72.5 Å². The van der Waals surface area contributed by atoms with Gasteiger partial charge < -0.3 is 47.2 Å². The number of aliphatic hydroxyl groups is 2. The molecule has 1 unspecified atom stereocenters. The molecule has 0 fully saturated rings. The quantitative estimate of drug-likeness (QED) is 0.0478. The molecule has 0 aliphatic carbocycles. The minimum atomic E-state index is -1.32. The van der Waals surface area contributed by atoms with Gasteiger partial charge in [-0.15, -0.1) is 0 Å². The monoisotopic (exact) mass is 861 g/mol. The molecule has 0 aliphatic heterocycles. The molecule has 0 saturated carbocycles. The summed E-state index contributed by atoms with van der Waals surface area (Å²) in [5, 5.41) is 40.0. The van der Waals surface area contributed by atoms with E-state index in [1.165, 1.54) is 18.9 Å². The van der Waals surface area contributed by atoms with Crippen LogP contribution in [-0.4, -0.2) is 112 Å². The normalized spacial score (nSPS) is 15.1. The number of hydrogen-bond donors (Lipinski definition) is 8. The van der Waals surface area contributed by atoms with Crippen molar-refractivity contribution in [3.05, 3.63) is 35.9 Å². The number of rotatable bonds is 33. The van der Waals surface area contributed by atoms with Gasteiger partial charge in [0.15, 0.2) is 0 Å². The fraction of sp³-hybridized carbons (Fsp3) is 0.711. The Kier molecular flexibility index (Phi) is 27.2. The van der Waals surface area contributed by atoms with E-state index in [-0.39, 0.29) is 36.5 Å². The molecule has 0 spiro atoms. The van der Waals surface area contributed by atoms with Gasteiger partial charge in [0.25, 0.3) is 0 Å². The van der Waals surface area contributed by atoms with Gasteiger partial charge >= 0.3 is 5.97 Å². The highest BCUT2D eigenvalue weighted by atomic mass is 16.4. The predicted octanol–water partition coefficient (Wildman–Crippen LogP) is 3.49. The summed E-state index contributed by atoms with van der Waals surface area (Å²) in [6.07, 6.45) is 12.2. The zero-order valence-corrected chi connectivity index (χ0v) is 37.5. The Morgan fingerprint density at radius 1 is 0.639 bits per heavy atom. The highest BCUT2D eigenvalue weighted by molar-refractivity contribution is 5.94. The lowest BCUT2D eigenvalue weighted by Gasteiger charge is -2.32. The summed E-state index contributed by atoms with van der Waals surface area (Å²) in [6.45, 7) is 8.04. The van der Waals surface area contributed by atoms with Crippen molar-refractivity contribution >= 4 is 41.4 Å². The lowest BCUT2D eigenvalue weighted by molar-refractivity contribution is -0.144. The number of carbonyl (C=O) groups excluding carboxylic acids is 6. The molecule has 1 rings (SSSR count). The van der Waals surface area contributed by atoms with Crippen molar-refractivity contribution in [3.8, 4) is 0 Å². The molecule has 0 heterocycles. The van der Waals surface area contributed by atoms with Crippen LogP contribution in [0.1, 0.15) is 143 Å². The molecular formula is C45H76N6O10. The number of unbranched alkanes of at least 4 members (excludes halogenated alkanes) is 11. The van der Waals surface area contributed by atoms with E-state index >= 15 is 0 Å². The number of carbonyl (C=O) groups is 7. The number of nitrogens with zero attached hydrogens (tertiary/aromatic N) is 1. The number of primary amides is 1. The summed E-state index contributed by atoms with van der Waals surface area (Å²) >= 11 is 0. The van der Waals surface area contributed by atoms with Crippen LogP contribution in [-0.2, 0) is 40.0 Å². The average Bonchev–Trinajstić information content (AvgIpc) is 3.22. The second-order valence-corrected chi connectivity index (χ2v) is 16.5. The van der Waals surface area contributed by atoms with Crippen molar-refractivity contribution in [3.63, 3.8) is 0 Å². The summed E-state index contributed by atoms with van der Waals surface area (Å²) in [4.78, 5) is 89.8. The number of carboxylic acids is 1. The van der Waals surface area contributed by atoms with Crippen LogP contribution in [0, 0.1) is 11.8 Å². The molecule has 9 N–H and O–H groups in total. The second-order valence-electron chi connectivity index (χ2n) is 16.5. The van der Waals surface area contributed by atoms with Gasteiger partial charge in [-0.2, -0.15) is 0 Å². The van der Waals surface area contributed by atoms with Crippen LogP contribution >= 0.6 is 0 Å². The number of amides is 6. The molecular weight excluding hydrogens is 785 g/mol. The third-order valence-corrected chi connectivity index (χ3v) is 11.4. The van der Waals surface area contributed by atoms with Crippen LogP contribution < -0.4 is 27.0 Å². The molecule has 8 atom stereocenters. The first-order chi connectivity index (χ1) is 29.0. The van der Waals surface area contributed by atoms with E-state index in [9.17, 15) is 48.9 Å². The summed E-state index contributed by atoms with van der Waals surface area (Å²) in [5.41, 5.74) is 6.02. The molecule has 0 saturated heterocycles. The largest absolute Gasteiger partial charge is 0.480 e. The van der Waals surface area contributed by atoms with E-state index in [0.717, 1.165) is 69.8 Å². The highest BCUT2D eigenvalue weighted by Crippen LogP contribution is 2.16. The number of nitrogens with one attached hydrogen (secondary N) is 4. The number of likely N-dealkylation sites (N-methyl/N-ethyl adjacent to an activating group) is 1. The molecule has 0 bridgehead atoms. The van der Waals surface area contributed by atoms with E-state index in [1.807, 2.05) is 51.1 Å². The maximum Gasteiger partial charge on any atom is 0.326 e. The van der Waals surface area contributed by atoms with Gasteiger partial charge in [0.05, 0.1) is 12.7 Å². The zero-order chi connectivity index (χ0) is 45.9. The minimum absolute atomic E-state index is 0.147. The molecule has 1 aromatic rings. The maximum absolute atomic E-state index is 13.3. The number of aliphatic hydroxyl groups excluding tert-OH is 2. The number of aliphatic carboxylic acids is 1. The first-order valence-corrected chi connectivity index (χ1v) is 22.3. The van der Waals surface area contributed by atoms with Crippen LogP contribution in [0.25, 0.3) is 0 Å². The Morgan fingerprint density at radius 2 is 1.08 bits per heavy atom. The van der Waals surface area contributed by atoms with Gasteiger partial charge in [-0.25, -0.2) is 4.79 Å². The van der Waals surface area contributed by atoms with Gasteiger partial charge in [-0.05, 0) is 37.2 Å². The summed E-state index contributed by atoms with van der Waals surface area (Å²) in [5.74, 6) is -5.00. The molecule has 0 aliphatic rings. The average molecular weight is 861 g/mol. The summed E-state index contributed by atoms with van der Waals surface area (Å²) in [7, 11) is 1.45. The molecule has 16 heteroatoms. The second kappa shape index (κ2) is 30.5. The number of hydrogen-bond acceptors (Lipinski definition) is 9. The third-order valence-electron chi connectivity index (χ3n) is 11.4. The van der Waals surface area contributed by atoms with Crippen LogP contribution in [0.4, 0.5) is 0 Å². The van der Waals surface area contributed by atoms with Crippen LogP contribution in [0.15, 0.2) is 30.3 Å². The van der Waals surface area contributed by atoms with Gasteiger partial charge in [-0.3, -0.25) is 28.8 Å². The first kappa shape index (κ1) is 54.4. The highest BCUT2D eigenvalue weighted by Gasteiger charge is 2.36. The smallest absolute Gasteiger partial charge is 0.326 e. The van der Waals surface area contributed by atoms with Crippen molar-refractivity contribution in [1.82, 2.24) is 26.2 Å². The first-order valence-electron chi connectivity index (χ1n) is 22.3. The SMILES string of the molecule is CC[C@H](C)[C@@H](NC(=O)CCCCCCCCCCCCCCC(=O)N(C)[C@H](C(=O)N[C@@H](C(=O)NC(CO)C(N)=O)[C@@H](C)CC)[C@H](C)O)C(=O)N[C@@H](Cc1ccccc1)C(=O)O. The summed E-state index contributed by atoms with van der Waals surface area (Å²) < 4.78 is 0. The van der Waals surface area contributed by atoms with Crippen molar-refractivity contribution in [2.75, 3.05) is 13.7 Å². The molecule has 16 nitrogen and oxygen atoms in total. The fourth-order valence-corrected chi connectivity index (χ4v) is 7.05. The van der Waals surface area contributed by atoms with Crippen molar-refractivity contribution in [1.29, 1.82) is 0 Å². The van der Waals surface area contributed by atoms with Gasteiger partial charge in [0.2, 0.25) is 35.4 Å². The molecule has 0 radical (unpaired) electrons. The Bertz CT molecular complexity index is 1500.